The summed E-state index contributed by atoms with van der Waals surface area (Å²) in [6.45, 7) is 10.3. The van der Waals surface area contributed by atoms with Gasteiger partial charge in [-0.15, -0.1) is 0 Å². The summed E-state index contributed by atoms with van der Waals surface area (Å²) in [6.07, 6.45) is 7.86. The lowest BCUT2D eigenvalue weighted by atomic mass is 9.93. The smallest absolute Gasteiger partial charge is 0.143 e. The van der Waals surface area contributed by atoms with Gasteiger partial charge in [-0.1, -0.05) is 214 Å². The van der Waals surface area contributed by atoms with Gasteiger partial charge in [-0.05, 0) is 81.5 Å². The third-order valence-electron chi connectivity index (χ3n) is 10.1. The third kappa shape index (κ3) is 8.69. The maximum atomic E-state index is 6.29. The van der Waals surface area contributed by atoms with Gasteiger partial charge in [-0.3, -0.25) is 0 Å². The van der Waals surface area contributed by atoms with E-state index in [1.807, 2.05) is 37.3 Å². The second kappa shape index (κ2) is 17.6. The highest BCUT2D eigenvalue weighted by atomic mass is 16.3. The fourth-order valence-corrected chi connectivity index (χ4v) is 7.14. The quantitative estimate of drug-likeness (QED) is 0.129. The van der Waals surface area contributed by atoms with Crippen LogP contribution in [0, 0.1) is 0 Å². The number of rotatable bonds is 10. The van der Waals surface area contributed by atoms with Crippen LogP contribution in [0.4, 0.5) is 0 Å². The van der Waals surface area contributed by atoms with Gasteiger partial charge in [-0.25, -0.2) is 0 Å². The van der Waals surface area contributed by atoms with E-state index in [9.17, 15) is 0 Å². The minimum absolute atomic E-state index is 0.927. The van der Waals surface area contributed by atoms with Crippen LogP contribution in [0.25, 0.3) is 72.0 Å². The Morgan fingerprint density at radius 2 is 1.04 bits per heavy atom. The highest BCUT2D eigenvalue weighted by Gasteiger charge is 2.12. The molecule has 0 spiro atoms. The Morgan fingerprint density at radius 3 is 1.64 bits per heavy atom. The lowest BCUT2D eigenvalue weighted by Gasteiger charge is -2.12. The summed E-state index contributed by atoms with van der Waals surface area (Å²) in [6, 6.07) is 62.3. The molecule has 1 nitrogen and oxygen atoms in total. The molecule has 0 amide bonds. The maximum Gasteiger partial charge on any atom is 0.143 e. The standard InChI is InChI=1S/C45H38O.C9H10/c1-3-11-39(36-23-19-33(20-24-36)32-13-6-5-7-14-32)31-40(12-4-2)37-25-21-34(22-26-37)35-27-29-38(30-28-35)41-16-10-17-43-42-15-8-9-18-44(42)46-45(41)43;1-8(2)9-6-4-3-5-7-9/h5-11,13-31H,3-4,12H2,1-2H3;3-7H,1H2,2H3/b39-11-,40-31+;. The van der Waals surface area contributed by atoms with Gasteiger partial charge in [0.05, 0.1) is 0 Å². The van der Waals surface area contributed by atoms with Crippen molar-refractivity contribution < 1.29 is 4.42 Å². The number of allylic oxidation sites excluding steroid dienone is 5. The molecule has 7 aromatic carbocycles. The monoisotopic (exact) mass is 712 g/mol. The van der Waals surface area contributed by atoms with Crippen LogP contribution in [-0.4, -0.2) is 0 Å². The first kappa shape index (κ1) is 36.9. The molecule has 0 saturated heterocycles. The van der Waals surface area contributed by atoms with Crippen LogP contribution in [0.5, 0.6) is 0 Å². The number of para-hydroxylation sites is 2. The molecule has 55 heavy (non-hydrogen) atoms. The van der Waals surface area contributed by atoms with Crippen molar-refractivity contribution in [3.8, 4) is 33.4 Å². The largest absolute Gasteiger partial charge is 0.455 e. The molecule has 1 heterocycles. The minimum atomic E-state index is 0.927. The Balaban J connectivity index is 0.000000455. The fraction of sp³-hybridized carbons (Fsp3) is 0.111. The zero-order chi connectivity index (χ0) is 38.0. The third-order valence-corrected chi connectivity index (χ3v) is 10.1. The first-order valence-electron chi connectivity index (χ1n) is 19.4. The first-order valence-corrected chi connectivity index (χ1v) is 19.4. The second-order valence-electron chi connectivity index (χ2n) is 14.0. The number of hydrogen-bond donors (Lipinski definition) is 0. The van der Waals surface area contributed by atoms with Crippen molar-refractivity contribution >= 4 is 38.7 Å². The Hall–Kier alpha value is -6.44. The van der Waals surface area contributed by atoms with E-state index in [-0.39, 0.29) is 0 Å². The molecule has 0 fully saturated rings. The molecule has 1 heteroatoms. The summed E-state index contributed by atoms with van der Waals surface area (Å²) in [5.41, 5.74) is 16.6. The summed E-state index contributed by atoms with van der Waals surface area (Å²) < 4.78 is 6.29. The van der Waals surface area contributed by atoms with Crippen molar-refractivity contribution in [2.75, 3.05) is 0 Å². The van der Waals surface area contributed by atoms with Gasteiger partial charge in [0.2, 0.25) is 0 Å². The molecule has 0 aliphatic carbocycles. The van der Waals surface area contributed by atoms with Gasteiger partial charge < -0.3 is 4.42 Å². The minimum Gasteiger partial charge on any atom is -0.455 e. The molecule has 0 N–H and O–H groups in total. The van der Waals surface area contributed by atoms with E-state index in [0.29, 0.717) is 0 Å². The van der Waals surface area contributed by atoms with E-state index < -0.39 is 0 Å². The molecule has 0 aliphatic heterocycles. The molecule has 0 bridgehead atoms. The van der Waals surface area contributed by atoms with Gasteiger partial charge in [0.1, 0.15) is 11.2 Å². The van der Waals surface area contributed by atoms with E-state index in [0.717, 1.165) is 57.9 Å². The molecule has 0 radical (unpaired) electrons. The van der Waals surface area contributed by atoms with Crippen LogP contribution >= 0.6 is 0 Å². The fourth-order valence-electron chi connectivity index (χ4n) is 7.14. The van der Waals surface area contributed by atoms with E-state index in [1.54, 1.807) is 0 Å². The zero-order valence-corrected chi connectivity index (χ0v) is 32.1. The maximum absolute atomic E-state index is 6.29. The lowest BCUT2D eigenvalue weighted by Crippen LogP contribution is -1.89. The molecular formula is C54H48O. The van der Waals surface area contributed by atoms with Crippen LogP contribution in [0.2, 0.25) is 0 Å². The van der Waals surface area contributed by atoms with Crippen molar-refractivity contribution in [3.63, 3.8) is 0 Å². The molecule has 8 aromatic rings. The van der Waals surface area contributed by atoms with Crippen LogP contribution in [0.3, 0.4) is 0 Å². The van der Waals surface area contributed by atoms with Gasteiger partial charge >= 0.3 is 0 Å². The highest BCUT2D eigenvalue weighted by molar-refractivity contribution is 6.09. The topological polar surface area (TPSA) is 13.1 Å². The summed E-state index contributed by atoms with van der Waals surface area (Å²) in [7, 11) is 0. The van der Waals surface area contributed by atoms with E-state index in [2.05, 4.69) is 178 Å². The molecule has 0 unspecified atom stereocenters. The van der Waals surface area contributed by atoms with Gasteiger partial charge in [0, 0.05) is 16.3 Å². The Kier molecular flexibility index (Phi) is 11.8. The molecule has 0 saturated carbocycles. The van der Waals surface area contributed by atoms with Crippen LogP contribution in [-0.2, 0) is 0 Å². The van der Waals surface area contributed by atoms with Crippen LogP contribution < -0.4 is 0 Å². The van der Waals surface area contributed by atoms with Crippen LogP contribution in [0.15, 0.2) is 199 Å². The molecular weight excluding hydrogens is 665 g/mol. The SMILES string of the molecule is C=C(C)c1ccccc1.CC/C=C(/C=C(\CCC)c1ccc(-c2ccc(-c3cccc4c3oc3ccccc34)cc2)cc1)c1ccc(-c2ccccc2)cc1. The van der Waals surface area contributed by atoms with Gasteiger partial charge in [-0.2, -0.15) is 0 Å². The molecule has 270 valence electrons. The first-order chi connectivity index (χ1) is 27.0. The average molecular weight is 713 g/mol. The van der Waals surface area contributed by atoms with E-state index in [1.165, 1.54) is 50.1 Å². The van der Waals surface area contributed by atoms with Crippen molar-refractivity contribution in [2.45, 2.75) is 40.0 Å². The molecule has 0 aliphatic rings. The number of fused-ring (bicyclic) bond motifs is 3. The molecule has 1 aromatic heterocycles. The summed E-state index contributed by atoms with van der Waals surface area (Å²) in [4.78, 5) is 0. The predicted molar refractivity (Wildman–Crippen MR) is 239 cm³/mol. The van der Waals surface area contributed by atoms with Gasteiger partial charge in [0.15, 0.2) is 0 Å². The molecule has 8 rings (SSSR count). The van der Waals surface area contributed by atoms with E-state index in [4.69, 9.17) is 4.42 Å². The Bertz CT molecular complexity index is 2550. The lowest BCUT2D eigenvalue weighted by molar-refractivity contribution is 0.670. The zero-order valence-electron chi connectivity index (χ0n) is 32.1. The normalized spacial score (nSPS) is 11.7. The van der Waals surface area contributed by atoms with Crippen molar-refractivity contribution in [2.24, 2.45) is 0 Å². The summed E-state index contributed by atoms with van der Waals surface area (Å²) >= 11 is 0. The van der Waals surface area contributed by atoms with Crippen molar-refractivity contribution in [3.05, 3.63) is 211 Å². The Labute approximate surface area is 326 Å². The number of hydrogen-bond acceptors (Lipinski definition) is 1. The van der Waals surface area contributed by atoms with Gasteiger partial charge in [0.25, 0.3) is 0 Å². The van der Waals surface area contributed by atoms with Crippen molar-refractivity contribution in [1.82, 2.24) is 0 Å². The number of furan rings is 1. The van der Waals surface area contributed by atoms with Crippen LogP contribution in [0.1, 0.15) is 56.7 Å². The average Bonchev–Trinajstić information content (AvgIpc) is 3.63. The number of benzene rings is 7. The van der Waals surface area contributed by atoms with E-state index >= 15 is 0 Å². The molecule has 0 atom stereocenters. The summed E-state index contributed by atoms with van der Waals surface area (Å²) in [5, 5.41) is 2.32. The highest BCUT2D eigenvalue weighted by Crippen LogP contribution is 2.37. The Morgan fingerprint density at radius 1 is 0.509 bits per heavy atom. The second-order valence-corrected chi connectivity index (χ2v) is 14.0. The predicted octanol–water partition coefficient (Wildman–Crippen LogP) is 16.0. The van der Waals surface area contributed by atoms with Crippen molar-refractivity contribution in [1.29, 1.82) is 0 Å². The summed E-state index contributed by atoms with van der Waals surface area (Å²) in [5.74, 6) is 0.